The number of benzene rings is 8. The lowest BCUT2D eigenvalue weighted by atomic mass is 9.98. The summed E-state index contributed by atoms with van der Waals surface area (Å²) in [6.07, 6.45) is 1.89. The molecular formula is C46H32N2. The molecule has 9 rings (SSSR count). The van der Waals surface area contributed by atoms with E-state index in [1.54, 1.807) is 0 Å². The highest BCUT2D eigenvalue weighted by Gasteiger charge is 2.18. The van der Waals surface area contributed by atoms with E-state index in [2.05, 4.69) is 192 Å². The van der Waals surface area contributed by atoms with E-state index in [-0.39, 0.29) is 0 Å². The Hall–Kier alpha value is -6.38. The summed E-state index contributed by atoms with van der Waals surface area (Å²) in [5.41, 5.74) is 10.4. The minimum Gasteiger partial charge on any atom is -0.310 e. The molecule has 226 valence electrons. The molecule has 0 N–H and O–H groups in total. The first kappa shape index (κ1) is 27.9. The van der Waals surface area contributed by atoms with Gasteiger partial charge in [-0.1, -0.05) is 134 Å². The lowest BCUT2D eigenvalue weighted by molar-refractivity contribution is 1.18. The van der Waals surface area contributed by atoms with Crippen LogP contribution in [0.2, 0.25) is 0 Å². The number of fused-ring (bicyclic) bond motifs is 6. The second kappa shape index (κ2) is 11.5. The summed E-state index contributed by atoms with van der Waals surface area (Å²) < 4.78 is 2.37. The Morgan fingerprint density at radius 2 is 1.04 bits per heavy atom. The molecule has 0 amide bonds. The second-order valence-corrected chi connectivity index (χ2v) is 12.3. The molecule has 8 aromatic carbocycles. The Morgan fingerprint density at radius 3 is 1.73 bits per heavy atom. The zero-order valence-electron chi connectivity index (χ0n) is 26.4. The normalized spacial score (nSPS) is 11.4. The van der Waals surface area contributed by atoms with Crippen LogP contribution in [0.5, 0.6) is 0 Å². The fraction of sp³-hybridized carbons (Fsp3) is 0. The largest absolute Gasteiger partial charge is 0.310 e. The molecule has 0 aliphatic carbocycles. The van der Waals surface area contributed by atoms with Crippen LogP contribution in [0.15, 0.2) is 183 Å². The molecule has 1 aromatic heterocycles. The highest BCUT2D eigenvalue weighted by molar-refractivity contribution is 6.14. The first-order valence-corrected chi connectivity index (χ1v) is 16.4. The maximum Gasteiger partial charge on any atom is 0.0546 e. The molecule has 1 heterocycles. The molecule has 0 saturated heterocycles. The smallest absolute Gasteiger partial charge is 0.0546 e. The Bertz CT molecular complexity index is 2570. The monoisotopic (exact) mass is 612 g/mol. The number of hydrogen-bond acceptors (Lipinski definition) is 1. The van der Waals surface area contributed by atoms with Gasteiger partial charge >= 0.3 is 0 Å². The van der Waals surface area contributed by atoms with Gasteiger partial charge in [-0.3, -0.25) is 0 Å². The van der Waals surface area contributed by atoms with Crippen molar-refractivity contribution < 1.29 is 0 Å². The van der Waals surface area contributed by atoms with Crippen molar-refractivity contribution in [2.45, 2.75) is 0 Å². The zero-order valence-corrected chi connectivity index (χ0v) is 26.4. The average Bonchev–Trinajstić information content (AvgIpc) is 3.50. The maximum atomic E-state index is 3.98. The van der Waals surface area contributed by atoms with Gasteiger partial charge in [0.15, 0.2) is 0 Å². The van der Waals surface area contributed by atoms with E-state index in [4.69, 9.17) is 0 Å². The van der Waals surface area contributed by atoms with Gasteiger partial charge in [-0.15, -0.1) is 0 Å². The van der Waals surface area contributed by atoms with Gasteiger partial charge in [0.25, 0.3) is 0 Å². The van der Waals surface area contributed by atoms with E-state index in [0.29, 0.717) is 0 Å². The molecule has 9 aromatic rings. The Morgan fingerprint density at radius 1 is 0.438 bits per heavy atom. The highest BCUT2D eigenvalue weighted by atomic mass is 15.1. The number of rotatable bonds is 6. The molecule has 0 radical (unpaired) electrons. The van der Waals surface area contributed by atoms with Crippen molar-refractivity contribution in [1.29, 1.82) is 0 Å². The van der Waals surface area contributed by atoms with E-state index in [0.717, 1.165) is 28.3 Å². The van der Waals surface area contributed by atoms with Crippen molar-refractivity contribution >= 4 is 66.5 Å². The van der Waals surface area contributed by atoms with Crippen LogP contribution in [0.25, 0.3) is 66.2 Å². The molecule has 0 unspecified atom stereocenters. The lowest BCUT2D eigenvalue weighted by Crippen LogP contribution is -2.10. The molecule has 2 nitrogen and oxygen atoms in total. The van der Waals surface area contributed by atoms with Gasteiger partial charge in [0.2, 0.25) is 0 Å². The number of para-hydroxylation sites is 2. The molecule has 0 aliphatic heterocycles. The van der Waals surface area contributed by atoms with Crippen LogP contribution < -0.4 is 4.90 Å². The summed E-state index contributed by atoms with van der Waals surface area (Å²) in [4.78, 5) is 2.39. The maximum absolute atomic E-state index is 3.98. The van der Waals surface area contributed by atoms with Crippen LogP contribution in [0.3, 0.4) is 0 Å². The van der Waals surface area contributed by atoms with Crippen LogP contribution in [-0.4, -0.2) is 4.57 Å². The predicted octanol–water partition coefficient (Wildman–Crippen LogP) is 12.9. The third kappa shape index (κ3) is 4.58. The van der Waals surface area contributed by atoms with Crippen molar-refractivity contribution in [3.8, 4) is 16.8 Å². The minimum atomic E-state index is 1.10. The van der Waals surface area contributed by atoms with Crippen LogP contribution in [0, 0.1) is 0 Å². The second-order valence-electron chi connectivity index (χ2n) is 12.3. The molecule has 0 spiro atoms. The van der Waals surface area contributed by atoms with Gasteiger partial charge in [0, 0.05) is 33.2 Å². The Kier molecular flexibility index (Phi) is 6.65. The van der Waals surface area contributed by atoms with Crippen LogP contribution in [0.4, 0.5) is 17.1 Å². The van der Waals surface area contributed by atoms with E-state index >= 15 is 0 Å². The molecule has 0 fully saturated rings. The SMILES string of the molecule is C=Cc1ccc(N(c2cccc(-c3ccc(-n4c5ccccc5c5ccccc54)cc3)c2)c2cc3ccccc3c3ccccc23)cc1. The highest BCUT2D eigenvalue weighted by Crippen LogP contribution is 2.43. The molecule has 2 heteroatoms. The molecular weight excluding hydrogens is 581 g/mol. The first-order valence-electron chi connectivity index (χ1n) is 16.4. The predicted molar refractivity (Wildman–Crippen MR) is 206 cm³/mol. The fourth-order valence-corrected chi connectivity index (χ4v) is 7.23. The Balaban J connectivity index is 1.18. The van der Waals surface area contributed by atoms with Crippen molar-refractivity contribution in [1.82, 2.24) is 4.57 Å². The summed E-state index contributed by atoms with van der Waals surface area (Å²) in [6, 6.07) is 63.5. The van der Waals surface area contributed by atoms with Gasteiger partial charge in [-0.05, 0) is 87.4 Å². The third-order valence-corrected chi connectivity index (χ3v) is 9.52. The van der Waals surface area contributed by atoms with Crippen molar-refractivity contribution in [3.05, 3.63) is 188 Å². The summed E-state index contributed by atoms with van der Waals surface area (Å²) in [5, 5.41) is 7.48. The topological polar surface area (TPSA) is 8.17 Å². The van der Waals surface area contributed by atoms with Crippen LogP contribution in [0.1, 0.15) is 5.56 Å². The van der Waals surface area contributed by atoms with Crippen LogP contribution >= 0.6 is 0 Å². The number of aromatic nitrogens is 1. The quantitative estimate of drug-likeness (QED) is 0.170. The average molecular weight is 613 g/mol. The lowest BCUT2D eigenvalue weighted by Gasteiger charge is -2.28. The minimum absolute atomic E-state index is 1.10. The van der Waals surface area contributed by atoms with Crippen molar-refractivity contribution in [2.24, 2.45) is 0 Å². The summed E-state index contributed by atoms with van der Waals surface area (Å²) >= 11 is 0. The fourth-order valence-electron chi connectivity index (χ4n) is 7.23. The number of nitrogens with zero attached hydrogens (tertiary/aromatic N) is 2. The van der Waals surface area contributed by atoms with E-state index < -0.39 is 0 Å². The van der Waals surface area contributed by atoms with E-state index in [9.17, 15) is 0 Å². The zero-order chi connectivity index (χ0) is 32.0. The summed E-state index contributed by atoms with van der Waals surface area (Å²) in [7, 11) is 0. The molecule has 0 bridgehead atoms. The van der Waals surface area contributed by atoms with Gasteiger partial charge in [-0.2, -0.15) is 0 Å². The number of hydrogen-bond donors (Lipinski definition) is 0. The number of anilines is 3. The van der Waals surface area contributed by atoms with Gasteiger partial charge < -0.3 is 9.47 Å². The van der Waals surface area contributed by atoms with Crippen molar-refractivity contribution in [3.63, 3.8) is 0 Å². The molecule has 48 heavy (non-hydrogen) atoms. The van der Waals surface area contributed by atoms with Gasteiger partial charge in [0.05, 0.1) is 16.7 Å². The first-order chi connectivity index (χ1) is 23.8. The standard InChI is InChI=1S/C46H32N2/c1-2-32-22-26-36(27-23-32)47(46-31-35-12-3-4-15-39(35)40-16-5-6-17-41(40)46)38-14-11-13-34(30-38)33-24-28-37(29-25-33)48-44-20-9-7-18-42(44)43-19-8-10-21-45(43)48/h2-31H,1H2. The molecule has 0 saturated carbocycles. The van der Waals surface area contributed by atoms with Gasteiger partial charge in [-0.25, -0.2) is 0 Å². The van der Waals surface area contributed by atoms with Crippen molar-refractivity contribution in [2.75, 3.05) is 4.90 Å². The Labute approximate surface area is 280 Å². The molecule has 0 atom stereocenters. The summed E-state index contributed by atoms with van der Waals surface area (Å²) in [5.74, 6) is 0. The van der Waals surface area contributed by atoms with Gasteiger partial charge in [0.1, 0.15) is 0 Å². The van der Waals surface area contributed by atoms with Crippen LogP contribution in [-0.2, 0) is 0 Å². The third-order valence-electron chi connectivity index (χ3n) is 9.52. The molecule has 0 aliphatic rings. The van der Waals surface area contributed by atoms with E-state index in [1.807, 2.05) is 6.08 Å². The summed E-state index contributed by atoms with van der Waals surface area (Å²) in [6.45, 7) is 3.98. The van der Waals surface area contributed by atoms with E-state index in [1.165, 1.54) is 54.5 Å².